The van der Waals surface area contributed by atoms with Crippen molar-refractivity contribution in [2.75, 3.05) is 32.7 Å². The van der Waals surface area contributed by atoms with Gasteiger partial charge < -0.3 is 10.2 Å². The Labute approximate surface area is 120 Å². The Morgan fingerprint density at radius 3 is 2.42 bits per heavy atom. The number of hydrogen-bond acceptors (Lipinski definition) is 2. The van der Waals surface area contributed by atoms with E-state index in [-0.39, 0.29) is 0 Å². The van der Waals surface area contributed by atoms with Gasteiger partial charge in [0.1, 0.15) is 0 Å². The quantitative estimate of drug-likeness (QED) is 0.740. The largest absolute Gasteiger partial charge is 0.316 e. The van der Waals surface area contributed by atoms with Crippen LogP contribution in [-0.2, 0) is 0 Å². The molecule has 1 aliphatic carbocycles. The van der Waals surface area contributed by atoms with Crippen LogP contribution in [0.5, 0.6) is 0 Å². The molecule has 2 heteroatoms. The molecule has 0 radical (unpaired) electrons. The highest BCUT2D eigenvalue weighted by Crippen LogP contribution is 2.40. The lowest BCUT2D eigenvalue weighted by atomic mass is 9.70. The van der Waals surface area contributed by atoms with Crippen LogP contribution in [0.4, 0.5) is 0 Å². The van der Waals surface area contributed by atoms with E-state index >= 15 is 0 Å². The maximum atomic E-state index is 3.72. The zero-order valence-corrected chi connectivity index (χ0v) is 13.4. The first-order chi connectivity index (χ1) is 9.13. The van der Waals surface area contributed by atoms with Crippen LogP contribution >= 0.6 is 0 Å². The highest BCUT2D eigenvalue weighted by Gasteiger charge is 2.36. The molecule has 1 saturated heterocycles. The zero-order chi connectivity index (χ0) is 13.7. The Kier molecular flexibility index (Phi) is 5.70. The molecule has 0 amide bonds. The van der Waals surface area contributed by atoms with Gasteiger partial charge in [-0.1, -0.05) is 33.6 Å². The van der Waals surface area contributed by atoms with Gasteiger partial charge in [0.2, 0.25) is 0 Å². The molecule has 2 rings (SSSR count). The molecule has 0 aromatic carbocycles. The first kappa shape index (κ1) is 15.3. The van der Waals surface area contributed by atoms with Crippen LogP contribution < -0.4 is 5.32 Å². The molecule has 1 aliphatic heterocycles. The fourth-order valence-corrected chi connectivity index (χ4v) is 3.94. The van der Waals surface area contributed by atoms with Gasteiger partial charge in [-0.25, -0.2) is 0 Å². The number of likely N-dealkylation sites (tertiary alicyclic amines) is 1. The molecule has 2 nitrogen and oxygen atoms in total. The summed E-state index contributed by atoms with van der Waals surface area (Å²) >= 11 is 0. The summed E-state index contributed by atoms with van der Waals surface area (Å²) < 4.78 is 0. The Morgan fingerprint density at radius 2 is 1.84 bits per heavy atom. The van der Waals surface area contributed by atoms with Crippen molar-refractivity contribution in [1.29, 1.82) is 0 Å². The smallest absolute Gasteiger partial charge is 0.00503 e. The minimum atomic E-state index is 0.575. The second-order valence-corrected chi connectivity index (χ2v) is 7.49. The van der Waals surface area contributed by atoms with Crippen molar-refractivity contribution in [1.82, 2.24) is 10.2 Å². The third-order valence-electron chi connectivity index (χ3n) is 5.33. The number of nitrogens with zero attached hydrogens (tertiary/aromatic N) is 1. The third-order valence-corrected chi connectivity index (χ3v) is 5.33. The average molecular weight is 266 g/mol. The maximum absolute atomic E-state index is 3.72. The predicted molar refractivity (Wildman–Crippen MR) is 83.4 cm³/mol. The van der Waals surface area contributed by atoms with Crippen molar-refractivity contribution < 1.29 is 0 Å². The molecule has 1 N–H and O–H groups in total. The van der Waals surface area contributed by atoms with E-state index in [0.717, 1.165) is 11.8 Å². The minimum Gasteiger partial charge on any atom is -0.316 e. The van der Waals surface area contributed by atoms with E-state index in [9.17, 15) is 0 Å². The molecular weight excluding hydrogens is 232 g/mol. The van der Waals surface area contributed by atoms with Crippen LogP contribution in [0.25, 0.3) is 0 Å². The summed E-state index contributed by atoms with van der Waals surface area (Å²) in [6.45, 7) is 13.6. The van der Waals surface area contributed by atoms with E-state index in [2.05, 4.69) is 31.0 Å². The lowest BCUT2D eigenvalue weighted by Gasteiger charge is -2.42. The molecule has 2 aliphatic rings. The summed E-state index contributed by atoms with van der Waals surface area (Å²) in [7, 11) is 0. The second-order valence-electron chi connectivity index (χ2n) is 7.49. The van der Waals surface area contributed by atoms with Gasteiger partial charge in [0, 0.05) is 19.6 Å². The summed E-state index contributed by atoms with van der Waals surface area (Å²) in [5.41, 5.74) is 0.575. The van der Waals surface area contributed by atoms with Gasteiger partial charge in [0.05, 0.1) is 0 Å². The zero-order valence-electron chi connectivity index (χ0n) is 13.4. The van der Waals surface area contributed by atoms with Gasteiger partial charge in [0.25, 0.3) is 0 Å². The summed E-state index contributed by atoms with van der Waals surface area (Å²) in [5.74, 6) is 1.87. The molecular formula is C17H34N2. The number of hydrogen-bond donors (Lipinski definition) is 1. The van der Waals surface area contributed by atoms with Gasteiger partial charge in [0.15, 0.2) is 0 Å². The van der Waals surface area contributed by atoms with Crippen LogP contribution in [0.1, 0.15) is 59.3 Å². The first-order valence-electron chi connectivity index (χ1n) is 8.56. The first-order valence-corrected chi connectivity index (χ1v) is 8.56. The van der Waals surface area contributed by atoms with Crippen molar-refractivity contribution in [2.24, 2.45) is 17.3 Å². The van der Waals surface area contributed by atoms with Crippen LogP contribution in [0.15, 0.2) is 0 Å². The van der Waals surface area contributed by atoms with Crippen molar-refractivity contribution in [3.8, 4) is 0 Å². The normalized spacial score (nSPS) is 36.8. The van der Waals surface area contributed by atoms with Crippen LogP contribution in [0.2, 0.25) is 0 Å². The average Bonchev–Trinajstić information content (AvgIpc) is 2.79. The highest BCUT2D eigenvalue weighted by molar-refractivity contribution is 4.90. The third kappa shape index (κ3) is 4.46. The maximum Gasteiger partial charge on any atom is 0.00503 e. The van der Waals surface area contributed by atoms with Crippen LogP contribution in [-0.4, -0.2) is 37.6 Å². The van der Waals surface area contributed by atoms with Crippen molar-refractivity contribution in [3.05, 3.63) is 0 Å². The van der Waals surface area contributed by atoms with Crippen LogP contribution in [0, 0.1) is 17.3 Å². The molecule has 0 bridgehead atoms. The summed E-state index contributed by atoms with van der Waals surface area (Å²) in [6.07, 6.45) is 8.43. The van der Waals surface area contributed by atoms with Gasteiger partial charge in [-0.3, -0.25) is 0 Å². The van der Waals surface area contributed by atoms with E-state index < -0.39 is 0 Å². The fraction of sp³-hybridized carbons (Fsp3) is 1.00. The number of rotatable bonds is 6. The highest BCUT2D eigenvalue weighted by atomic mass is 15.2. The summed E-state index contributed by atoms with van der Waals surface area (Å²) in [4.78, 5) is 2.74. The van der Waals surface area contributed by atoms with E-state index in [0.29, 0.717) is 5.41 Å². The molecule has 1 unspecified atom stereocenters. The van der Waals surface area contributed by atoms with E-state index in [1.807, 2.05) is 0 Å². The lowest BCUT2D eigenvalue weighted by Crippen LogP contribution is -2.45. The van der Waals surface area contributed by atoms with Crippen molar-refractivity contribution >= 4 is 0 Å². The van der Waals surface area contributed by atoms with Gasteiger partial charge in [-0.15, -0.1) is 0 Å². The standard InChI is InChI=1S/C17H34N2/c1-4-10-18-13-17(8-5-15(2)6-9-17)14-19-11-7-16(3)12-19/h15-16,18H,4-14H2,1-3H3. The molecule has 0 aromatic heterocycles. The molecule has 1 atom stereocenters. The fourth-order valence-electron chi connectivity index (χ4n) is 3.94. The molecule has 112 valence electrons. The van der Waals surface area contributed by atoms with Crippen molar-refractivity contribution in [3.63, 3.8) is 0 Å². The van der Waals surface area contributed by atoms with Crippen LogP contribution in [0.3, 0.4) is 0 Å². The Bertz CT molecular complexity index is 256. The molecule has 0 aromatic rings. The predicted octanol–water partition coefficient (Wildman–Crippen LogP) is 3.52. The Morgan fingerprint density at radius 1 is 1.11 bits per heavy atom. The topological polar surface area (TPSA) is 15.3 Å². The Hall–Kier alpha value is -0.0800. The van der Waals surface area contributed by atoms with Gasteiger partial charge in [-0.2, -0.15) is 0 Å². The Balaban J connectivity index is 1.89. The molecule has 0 spiro atoms. The SMILES string of the molecule is CCCNCC1(CN2CCC(C)C2)CCC(C)CC1. The van der Waals surface area contributed by atoms with E-state index in [4.69, 9.17) is 0 Å². The van der Waals surface area contributed by atoms with E-state index in [1.54, 1.807) is 0 Å². The van der Waals surface area contributed by atoms with E-state index in [1.165, 1.54) is 71.2 Å². The minimum absolute atomic E-state index is 0.575. The lowest BCUT2D eigenvalue weighted by molar-refractivity contribution is 0.0968. The molecule has 2 fully saturated rings. The number of nitrogens with one attached hydrogen (secondary N) is 1. The van der Waals surface area contributed by atoms with Crippen molar-refractivity contribution in [2.45, 2.75) is 59.3 Å². The molecule has 1 heterocycles. The van der Waals surface area contributed by atoms with Gasteiger partial charge >= 0.3 is 0 Å². The second kappa shape index (κ2) is 7.08. The molecule has 19 heavy (non-hydrogen) atoms. The monoisotopic (exact) mass is 266 g/mol. The van der Waals surface area contributed by atoms with Gasteiger partial charge in [-0.05, 0) is 56.0 Å². The summed E-state index contributed by atoms with van der Waals surface area (Å²) in [5, 5.41) is 3.72. The summed E-state index contributed by atoms with van der Waals surface area (Å²) in [6, 6.07) is 0. The molecule has 1 saturated carbocycles.